The summed E-state index contributed by atoms with van der Waals surface area (Å²) in [7, 11) is 0. The summed E-state index contributed by atoms with van der Waals surface area (Å²) in [5.41, 5.74) is 7.90. The highest BCUT2D eigenvalue weighted by Crippen LogP contribution is 2.28. The average Bonchev–Trinajstić information content (AvgIpc) is 2.34. The normalized spacial score (nSPS) is 9.65. The van der Waals surface area contributed by atoms with Crippen molar-refractivity contribution in [2.24, 2.45) is 0 Å². The molecule has 0 aliphatic carbocycles. The predicted octanol–water partition coefficient (Wildman–Crippen LogP) is 3.04. The van der Waals surface area contributed by atoms with Gasteiger partial charge in [-0.2, -0.15) is 5.26 Å². The summed E-state index contributed by atoms with van der Waals surface area (Å²) in [4.78, 5) is 3.99. The number of nitrogen functional groups attached to an aromatic ring is 1. The zero-order valence-electron chi connectivity index (χ0n) is 8.81. The number of benzene rings is 1. The van der Waals surface area contributed by atoms with E-state index in [0.717, 1.165) is 15.8 Å². The van der Waals surface area contributed by atoms with Crippen LogP contribution in [0.15, 0.2) is 41.0 Å². The van der Waals surface area contributed by atoms with Crippen LogP contribution in [0, 0.1) is 11.3 Å². The molecule has 0 bridgehead atoms. The lowest BCUT2D eigenvalue weighted by Gasteiger charge is -2.10. The number of aromatic nitrogens is 1. The summed E-state index contributed by atoms with van der Waals surface area (Å²) in [6.07, 6.45) is 1.63. The van der Waals surface area contributed by atoms with Crippen molar-refractivity contribution >= 4 is 33.1 Å². The molecule has 0 atom stereocenters. The Kier molecular flexibility index (Phi) is 3.26. The van der Waals surface area contributed by atoms with Gasteiger partial charge < -0.3 is 11.1 Å². The maximum atomic E-state index is 8.77. The zero-order valence-corrected chi connectivity index (χ0v) is 10.4. The molecule has 0 radical (unpaired) electrons. The largest absolute Gasteiger partial charge is 0.382 e. The number of nitrogens with zero attached hydrogens (tertiary/aromatic N) is 2. The second-order valence-electron chi connectivity index (χ2n) is 3.37. The van der Waals surface area contributed by atoms with Gasteiger partial charge >= 0.3 is 0 Å². The van der Waals surface area contributed by atoms with Crippen LogP contribution >= 0.6 is 15.9 Å². The van der Waals surface area contributed by atoms with Crippen molar-refractivity contribution in [1.82, 2.24) is 4.98 Å². The highest BCUT2D eigenvalue weighted by Gasteiger charge is 2.04. The van der Waals surface area contributed by atoms with Gasteiger partial charge in [-0.1, -0.05) is 0 Å². The van der Waals surface area contributed by atoms with Gasteiger partial charge in [-0.15, -0.1) is 0 Å². The summed E-state index contributed by atoms with van der Waals surface area (Å²) >= 11 is 3.40. The molecule has 2 rings (SSSR count). The minimum absolute atomic E-state index is 0.434. The summed E-state index contributed by atoms with van der Waals surface area (Å²) < 4.78 is 0.805. The van der Waals surface area contributed by atoms with Gasteiger partial charge in [-0.25, -0.2) is 4.98 Å². The van der Waals surface area contributed by atoms with Crippen LogP contribution in [0.3, 0.4) is 0 Å². The van der Waals surface area contributed by atoms with Gasteiger partial charge in [0.25, 0.3) is 0 Å². The van der Waals surface area contributed by atoms with Gasteiger partial charge in [-0.3, -0.25) is 0 Å². The number of hydrogen-bond acceptors (Lipinski definition) is 4. The molecular weight excluding hydrogens is 280 g/mol. The van der Waals surface area contributed by atoms with Crippen molar-refractivity contribution in [3.8, 4) is 6.07 Å². The molecule has 0 aliphatic rings. The van der Waals surface area contributed by atoms with E-state index in [1.54, 1.807) is 24.4 Å². The quantitative estimate of drug-likeness (QED) is 0.891. The standard InChI is InChI=1S/C12H9BrN4/c13-9-6-8(7-14)3-4-10(9)17-11-2-1-5-16-12(11)15/h1-6,17H,(H2,15,16). The highest BCUT2D eigenvalue weighted by molar-refractivity contribution is 9.10. The van der Waals surface area contributed by atoms with Gasteiger partial charge in [0.05, 0.1) is 23.0 Å². The van der Waals surface area contributed by atoms with Crippen LogP contribution in [-0.4, -0.2) is 4.98 Å². The van der Waals surface area contributed by atoms with Gasteiger partial charge in [0.1, 0.15) is 5.82 Å². The van der Waals surface area contributed by atoms with Crippen molar-refractivity contribution < 1.29 is 0 Å². The third-order valence-electron chi connectivity index (χ3n) is 2.21. The van der Waals surface area contributed by atoms with Crippen LogP contribution in [0.5, 0.6) is 0 Å². The molecule has 1 aromatic heterocycles. The number of nitrogens with one attached hydrogen (secondary N) is 1. The zero-order chi connectivity index (χ0) is 12.3. The van der Waals surface area contributed by atoms with Crippen molar-refractivity contribution in [3.63, 3.8) is 0 Å². The third-order valence-corrected chi connectivity index (χ3v) is 2.86. The molecule has 0 unspecified atom stereocenters. The summed E-state index contributed by atoms with van der Waals surface area (Å²) in [6, 6.07) is 11.0. The molecule has 84 valence electrons. The molecule has 4 nitrogen and oxygen atoms in total. The van der Waals surface area contributed by atoms with Crippen molar-refractivity contribution in [1.29, 1.82) is 5.26 Å². The summed E-state index contributed by atoms with van der Waals surface area (Å²) in [5.74, 6) is 0.434. The van der Waals surface area contributed by atoms with Crippen LogP contribution in [0.1, 0.15) is 5.56 Å². The van der Waals surface area contributed by atoms with Crippen LogP contribution in [-0.2, 0) is 0 Å². The van der Waals surface area contributed by atoms with E-state index in [4.69, 9.17) is 11.0 Å². The predicted molar refractivity (Wildman–Crippen MR) is 70.8 cm³/mol. The smallest absolute Gasteiger partial charge is 0.147 e. The number of hydrogen-bond donors (Lipinski definition) is 2. The topological polar surface area (TPSA) is 74.7 Å². The van der Waals surface area contributed by atoms with E-state index in [2.05, 4.69) is 32.3 Å². The van der Waals surface area contributed by atoms with Gasteiger partial charge in [0.15, 0.2) is 0 Å². The SMILES string of the molecule is N#Cc1ccc(Nc2cccnc2N)c(Br)c1. The Morgan fingerprint density at radius 2 is 2.12 bits per heavy atom. The lowest BCUT2D eigenvalue weighted by atomic mass is 10.2. The first-order chi connectivity index (χ1) is 8.20. The maximum Gasteiger partial charge on any atom is 0.147 e. The van der Waals surface area contributed by atoms with E-state index in [1.807, 2.05) is 12.1 Å². The molecule has 3 N–H and O–H groups in total. The molecule has 0 saturated carbocycles. The first-order valence-electron chi connectivity index (χ1n) is 4.88. The number of rotatable bonds is 2. The van der Waals surface area contributed by atoms with Crippen LogP contribution in [0.4, 0.5) is 17.2 Å². The Labute approximate surface area is 107 Å². The Balaban J connectivity index is 2.32. The molecular formula is C12H9BrN4. The van der Waals surface area contributed by atoms with Gasteiger partial charge in [-0.05, 0) is 46.3 Å². The summed E-state index contributed by atoms with van der Waals surface area (Å²) in [5, 5.41) is 11.9. The monoisotopic (exact) mass is 288 g/mol. The minimum atomic E-state index is 0.434. The maximum absolute atomic E-state index is 8.77. The third kappa shape index (κ3) is 2.55. The Bertz CT molecular complexity index is 589. The minimum Gasteiger partial charge on any atom is -0.382 e. The Morgan fingerprint density at radius 1 is 1.29 bits per heavy atom. The van der Waals surface area contributed by atoms with Crippen LogP contribution < -0.4 is 11.1 Å². The Hall–Kier alpha value is -2.06. The first kappa shape index (κ1) is 11.4. The lowest BCUT2D eigenvalue weighted by Crippen LogP contribution is -1.98. The van der Waals surface area contributed by atoms with Crippen LogP contribution in [0.2, 0.25) is 0 Å². The molecule has 1 aromatic carbocycles. The van der Waals surface area contributed by atoms with E-state index in [-0.39, 0.29) is 0 Å². The van der Waals surface area contributed by atoms with E-state index in [1.165, 1.54) is 0 Å². The van der Waals surface area contributed by atoms with Gasteiger partial charge in [0.2, 0.25) is 0 Å². The number of anilines is 3. The van der Waals surface area contributed by atoms with E-state index >= 15 is 0 Å². The molecule has 0 amide bonds. The van der Waals surface area contributed by atoms with Gasteiger partial charge in [0, 0.05) is 10.7 Å². The molecule has 0 aliphatic heterocycles. The molecule has 0 saturated heterocycles. The molecule has 2 aromatic rings. The molecule has 1 heterocycles. The summed E-state index contributed by atoms with van der Waals surface area (Å²) in [6.45, 7) is 0. The lowest BCUT2D eigenvalue weighted by molar-refractivity contribution is 1.33. The number of nitriles is 1. The molecule has 5 heteroatoms. The van der Waals surface area contributed by atoms with Crippen molar-refractivity contribution in [2.75, 3.05) is 11.1 Å². The fraction of sp³-hybridized carbons (Fsp3) is 0. The van der Waals surface area contributed by atoms with Crippen LogP contribution in [0.25, 0.3) is 0 Å². The van der Waals surface area contributed by atoms with E-state index in [0.29, 0.717) is 11.4 Å². The molecule has 0 spiro atoms. The highest BCUT2D eigenvalue weighted by atomic mass is 79.9. The first-order valence-corrected chi connectivity index (χ1v) is 5.67. The van der Waals surface area contributed by atoms with Crippen molar-refractivity contribution in [3.05, 3.63) is 46.6 Å². The van der Waals surface area contributed by atoms with E-state index in [9.17, 15) is 0 Å². The Morgan fingerprint density at radius 3 is 2.76 bits per heavy atom. The fourth-order valence-corrected chi connectivity index (χ4v) is 1.83. The number of pyridine rings is 1. The number of halogens is 1. The molecule has 0 fully saturated rings. The fourth-order valence-electron chi connectivity index (χ4n) is 1.35. The van der Waals surface area contributed by atoms with E-state index < -0.39 is 0 Å². The second kappa shape index (κ2) is 4.85. The van der Waals surface area contributed by atoms with Crippen molar-refractivity contribution in [2.45, 2.75) is 0 Å². The number of nitrogens with two attached hydrogens (primary N) is 1. The second-order valence-corrected chi connectivity index (χ2v) is 4.22. The molecule has 17 heavy (non-hydrogen) atoms. The average molecular weight is 289 g/mol.